The number of carbonyl (C=O) groups excluding carboxylic acids is 4. The summed E-state index contributed by atoms with van der Waals surface area (Å²) in [6.45, 7) is 0.201. The lowest BCUT2D eigenvalue weighted by Crippen LogP contribution is -2.45. The second kappa shape index (κ2) is 16.7. The maximum absolute atomic E-state index is 14.4. The van der Waals surface area contributed by atoms with Crippen LogP contribution in [0.4, 0.5) is 9.59 Å². The highest BCUT2D eigenvalue weighted by Gasteiger charge is 2.43. The van der Waals surface area contributed by atoms with Gasteiger partial charge in [-0.2, -0.15) is 0 Å². The molecular weight excluding hydrogens is 668 g/mol. The minimum atomic E-state index is -0.677. The van der Waals surface area contributed by atoms with Crippen molar-refractivity contribution in [2.75, 3.05) is 20.3 Å². The van der Waals surface area contributed by atoms with Crippen LogP contribution in [0.3, 0.4) is 0 Å². The van der Waals surface area contributed by atoms with Gasteiger partial charge in [0.2, 0.25) is 11.8 Å². The van der Waals surface area contributed by atoms with E-state index in [-0.39, 0.29) is 37.9 Å². The van der Waals surface area contributed by atoms with Crippen LogP contribution in [0.2, 0.25) is 5.02 Å². The Hall–Kier alpha value is -5.15. The summed E-state index contributed by atoms with van der Waals surface area (Å²) in [6, 6.07) is 33.1. The Morgan fingerprint density at radius 3 is 1.61 bits per heavy atom. The lowest BCUT2D eigenvalue weighted by atomic mass is 9.86. The molecule has 0 aromatic heterocycles. The first kappa shape index (κ1) is 35.7. The van der Waals surface area contributed by atoms with Gasteiger partial charge in [0.05, 0.1) is 19.2 Å². The zero-order valence-electron chi connectivity index (χ0n) is 28.5. The van der Waals surface area contributed by atoms with Crippen LogP contribution >= 0.6 is 11.6 Å². The molecule has 6 rings (SSSR count). The van der Waals surface area contributed by atoms with Crippen LogP contribution in [-0.2, 0) is 44.7 Å². The molecule has 2 aliphatic rings. The molecule has 4 amide bonds. The fourth-order valence-electron chi connectivity index (χ4n) is 6.95. The van der Waals surface area contributed by atoms with Gasteiger partial charge in [-0.3, -0.25) is 9.59 Å². The van der Waals surface area contributed by atoms with E-state index in [1.807, 2.05) is 97.1 Å². The average Bonchev–Trinajstić information content (AvgIpc) is 3.70. The number of imide groups is 2. The quantitative estimate of drug-likeness (QED) is 0.135. The van der Waals surface area contributed by atoms with E-state index in [4.69, 9.17) is 25.8 Å². The highest BCUT2D eigenvalue weighted by molar-refractivity contribution is 6.30. The molecule has 264 valence electrons. The van der Waals surface area contributed by atoms with Gasteiger partial charge in [-0.25, -0.2) is 19.4 Å². The van der Waals surface area contributed by atoms with Gasteiger partial charge in [-0.1, -0.05) is 96.5 Å². The molecule has 0 unspecified atom stereocenters. The summed E-state index contributed by atoms with van der Waals surface area (Å²) in [6.07, 6.45) is 0.742. The van der Waals surface area contributed by atoms with Crippen LogP contribution in [0.15, 0.2) is 109 Å². The van der Waals surface area contributed by atoms with Gasteiger partial charge < -0.3 is 14.2 Å². The second-order valence-electron chi connectivity index (χ2n) is 13.1. The zero-order valence-corrected chi connectivity index (χ0v) is 29.2. The number of methoxy groups -OCH3 is 1. The number of amides is 4. The summed E-state index contributed by atoms with van der Waals surface area (Å²) in [5.74, 6) is -1.38. The summed E-state index contributed by atoms with van der Waals surface area (Å²) < 4.78 is 16.2. The summed E-state index contributed by atoms with van der Waals surface area (Å²) >= 11 is 6.34. The van der Waals surface area contributed by atoms with Crippen molar-refractivity contribution in [2.45, 2.75) is 50.6 Å². The van der Waals surface area contributed by atoms with Crippen molar-refractivity contribution in [1.82, 2.24) is 9.80 Å². The average molecular weight is 709 g/mol. The summed E-state index contributed by atoms with van der Waals surface area (Å²) in [5, 5.41) is 0.533. The van der Waals surface area contributed by atoms with E-state index in [0.717, 1.165) is 22.3 Å². The van der Waals surface area contributed by atoms with Crippen molar-refractivity contribution in [3.8, 4) is 5.75 Å². The molecule has 0 bridgehead atoms. The Balaban J connectivity index is 1.27. The number of nitrogens with zero attached hydrogens (tertiary/aromatic N) is 2. The van der Waals surface area contributed by atoms with E-state index in [0.29, 0.717) is 36.5 Å². The molecule has 4 aromatic rings. The minimum Gasteiger partial charge on any atom is -0.497 e. The Kier molecular flexibility index (Phi) is 11.7. The molecule has 2 fully saturated rings. The Bertz CT molecular complexity index is 1820. The van der Waals surface area contributed by atoms with Gasteiger partial charge in [0.15, 0.2) is 0 Å². The molecule has 0 saturated carbocycles. The largest absolute Gasteiger partial charge is 0.497 e. The summed E-state index contributed by atoms with van der Waals surface area (Å²) in [4.78, 5) is 57.6. The molecule has 0 spiro atoms. The van der Waals surface area contributed by atoms with E-state index >= 15 is 0 Å². The van der Waals surface area contributed by atoms with E-state index in [2.05, 4.69) is 0 Å². The molecule has 51 heavy (non-hydrogen) atoms. The van der Waals surface area contributed by atoms with E-state index in [1.54, 1.807) is 19.2 Å². The van der Waals surface area contributed by atoms with Crippen LogP contribution in [-0.4, -0.2) is 66.2 Å². The summed E-state index contributed by atoms with van der Waals surface area (Å²) in [7, 11) is 1.59. The molecule has 9 nitrogen and oxygen atoms in total. The standard InChI is InChI=1S/C41H41ClN2O7/c1-49-37-19-15-30(16-20-37)21-32(38(45)43-35(26-50-40(43)47)24-28-9-4-2-5-10-28)17-18-33(22-31-13-8-14-34(42)23-31)39(46)44-36(27-51-41(44)48)25-29-11-6-3-7-12-29/h2-16,19-20,23,32-33,35-36H,17-18,21-22,24-27H2,1H3/t32-,33-,35+,36+/m1/s1. The van der Waals surface area contributed by atoms with Gasteiger partial charge in [-0.15, -0.1) is 0 Å². The number of rotatable bonds is 14. The molecule has 0 aliphatic carbocycles. The highest BCUT2D eigenvalue weighted by Crippen LogP contribution is 2.30. The van der Waals surface area contributed by atoms with Crippen LogP contribution in [0.5, 0.6) is 5.75 Å². The van der Waals surface area contributed by atoms with Crippen molar-refractivity contribution in [1.29, 1.82) is 0 Å². The number of hydrogen-bond donors (Lipinski definition) is 0. The molecule has 2 saturated heterocycles. The van der Waals surface area contributed by atoms with Crippen molar-refractivity contribution in [2.24, 2.45) is 11.8 Å². The maximum Gasteiger partial charge on any atom is 0.416 e. The number of halogens is 1. The van der Waals surface area contributed by atoms with Crippen molar-refractivity contribution in [3.63, 3.8) is 0 Å². The first-order valence-electron chi connectivity index (χ1n) is 17.2. The van der Waals surface area contributed by atoms with Crippen molar-refractivity contribution >= 4 is 35.6 Å². The molecule has 0 radical (unpaired) electrons. The van der Waals surface area contributed by atoms with Gasteiger partial charge in [0, 0.05) is 16.9 Å². The van der Waals surface area contributed by atoms with Crippen molar-refractivity contribution in [3.05, 3.63) is 136 Å². The molecule has 2 heterocycles. The molecule has 2 aliphatic heterocycles. The first-order chi connectivity index (χ1) is 24.8. The molecule has 0 N–H and O–H groups in total. The lowest BCUT2D eigenvalue weighted by Gasteiger charge is -2.28. The first-order valence-corrected chi connectivity index (χ1v) is 17.6. The number of benzene rings is 4. The third kappa shape index (κ3) is 8.96. The molecule has 4 atom stereocenters. The number of hydrogen-bond acceptors (Lipinski definition) is 7. The fourth-order valence-corrected chi connectivity index (χ4v) is 7.16. The number of ether oxygens (including phenoxy) is 3. The molecule has 4 aromatic carbocycles. The Morgan fingerprint density at radius 2 is 1.14 bits per heavy atom. The Morgan fingerprint density at radius 1 is 0.667 bits per heavy atom. The predicted molar refractivity (Wildman–Crippen MR) is 192 cm³/mol. The van der Waals surface area contributed by atoms with E-state index < -0.39 is 36.1 Å². The Labute approximate surface area is 303 Å². The predicted octanol–water partition coefficient (Wildman–Crippen LogP) is 7.33. The van der Waals surface area contributed by atoms with E-state index in [9.17, 15) is 19.2 Å². The fraction of sp³-hybridized carbons (Fsp3) is 0.317. The van der Waals surface area contributed by atoms with Gasteiger partial charge in [0.25, 0.3) is 0 Å². The number of cyclic esters (lactones) is 2. The van der Waals surface area contributed by atoms with Gasteiger partial charge in [0.1, 0.15) is 19.0 Å². The van der Waals surface area contributed by atoms with E-state index in [1.165, 1.54) is 9.80 Å². The minimum absolute atomic E-state index is 0.0990. The SMILES string of the molecule is COc1ccc(C[C@@H](CC[C@H](Cc2cccc(Cl)c2)C(=O)N2C(=O)OC[C@@H]2Cc2ccccc2)C(=O)N2C(=O)OC[C@@H]2Cc2ccccc2)cc1. The zero-order chi connectivity index (χ0) is 35.7. The summed E-state index contributed by atoms with van der Waals surface area (Å²) in [5.41, 5.74) is 3.68. The maximum atomic E-state index is 14.4. The lowest BCUT2D eigenvalue weighted by molar-refractivity contribution is -0.136. The highest BCUT2D eigenvalue weighted by atomic mass is 35.5. The van der Waals surface area contributed by atoms with Gasteiger partial charge >= 0.3 is 12.2 Å². The second-order valence-corrected chi connectivity index (χ2v) is 13.6. The third-order valence-corrected chi connectivity index (χ3v) is 9.83. The van der Waals surface area contributed by atoms with Crippen LogP contribution in [0, 0.1) is 11.8 Å². The molecular formula is C41H41ClN2O7. The van der Waals surface area contributed by atoms with Crippen LogP contribution < -0.4 is 4.74 Å². The van der Waals surface area contributed by atoms with Gasteiger partial charge in [-0.05, 0) is 85.0 Å². The smallest absolute Gasteiger partial charge is 0.416 e. The number of carbonyl (C=O) groups is 4. The van der Waals surface area contributed by atoms with Crippen LogP contribution in [0.25, 0.3) is 0 Å². The van der Waals surface area contributed by atoms with Crippen LogP contribution in [0.1, 0.15) is 35.1 Å². The van der Waals surface area contributed by atoms with Crippen molar-refractivity contribution < 1.29 is 33.4 Å². The molecule has 10 heteroatoms. The topological polar surface area (TPSA) is 102 Å². The monoisotopic (exact) mass is 708 g/mol. The third-order valence-electron chi connectivity index (χ3n) is 9.60. The normalized spacial score (nSPS) is 18.2.